The van der Waals surface area contributed by atoms with Crippen LogP contribution in [0.2, 0.25) is 25.2 Å². The summed E-state index contributed by atoms with van der Waals surface area (Å²) in [4.78, 5) is 0. The van der Waals surface area contributed by atoms with Crippen LogP contribution in [0, 0.1) is 6.92 Å². The fourth-order valence-corrected chi connectivity index (χ4v) is 9.19. The summed E-state index contributed by atoms with van der Waals surface area (Å²) in [6, 6.07) is 26.7. The van der Waals surface area contributed by atoms with Gasteiger partial charge in [-0.05, 0) is 80.3 Å². The van der Waals surface area contributed by atoms with Gasteiger partial charge in [-0.25, -0.2) is 4.57 Å². The lowest BCUT2D eigenvalue weighted by molar-refractivity contribution is -0.659. The number of aryl methyl sites for hydroxylation is 2. The molecule has 0 unspecified atom stereocenters. The van der Waals surface area contributed by atoms with E-state index in [4.69, 9.17) is 0 Å². The van der Waals surface area contributed by atoms with Gasteiger partial charge >= 0.3 is 0 Å². The molecule has 1 aliphatic heterocycles. The molecule has 1 saturated heterocycles. The van der Waals surface area contributed by atoms with Crippen molar-refractivity contribution in [2.45, 2.75) is 70.8 Å². The Hall–Kier alpha value is -2.91. The van der Waals surface area contributed by atoms with Gasteiger partial charge in [-0.1, -0.05) is 55.5 Å². The molecule has 6 rings (SSSR count). The highest BCUT2D eigenvalue weighted by atomic mass is 28.3. The molecular formula is C33H39N2Si+. The van der Waals surface area contributed by atoms with Gasteiger partial charge in [0.1, 0.15) is 7.05 Å². The van der Waals surface area contributed by atoms with E-state index in [1.165, 1.54) is 74.3 Å². The lowest BCUT2D eigenvalue weighted by Crippen LogP contribution is -2.31. The smallest absolute Gasteiger partial charge is 0.220 e. The van der Waals surface area contributed by atoms with Crippen LogP contribution < -0.4 is 4.57 Å². The molecule has 3 heteroatoms. The third kappa shape index (κ3) is 3.80. The molecule has 0 radical (unpaired) electrons. The summed E-state index contributed by atoms with van der Waals surface area (Å²) in [7, 11) is 1.25. The molecule has 3 aromatic carbocycles. The highest BCUT2D eigenvalue weighted by Gasteiger charge is 2.29. The van der Waals surface area contributed by atoms with E-state index in [1.807, 2.05) is 0 Å². The van der Waals surface area contributed by atoms with Crippen molar-refractivity contribution in [1.82, 2.24) is 4.57 Å². The van der Waals surface area contributed by atoms with E-state index in [0.717, 1.165) is 5.92 Å². The van der Waals surface area contributed by atoms with E-state index in [-0.39, 0.29) is 0 Å². The van der Waals surface area contributed by atoms with Gasteiger partial charge in [-0.3, -0.25) is 0 Å². The Morgan fingerprint density at radius 3 is 2.36 bits per heavy atom. The standard InChI is InChI=1S/C33H39N2Si/c1-22(2)35-31-10-8-7-9-28(31)30-19-23(3)29(21-32(30)35)33-27-12-11-25(20-26(27)13-16-34(33)4)24-14-17-36(5,6)18-15-24/h7-13,16,19-22,24H,14-15,17-18H2,1-6H3/q+1. The molecule has 184 valence electrons. The van der Waals surface area contributed by atoms with Gasteiger partial charge in [0, 0.05) is 36.5 Å². The van der Waals surface area contributed by atoms with E-state index in [9.17, 15) is 0 Å². The SMILES string of the molecule is Cc1cc2c3ccccc3n(C(C)C)c2cc1-c1c2ccc(C3CC[Si](C)(C)CC3)cc2cc[n+]1C. The van der Waals surface area contributed by atoms with Gasteiger partial charge < -0.3 is 4.57 Å². The number of nitrogens with zero attached hydrogens (tertiary/aromatic N) is 2. The van der Waals surface area contributed by atoms with Crippen molar-refractivity contribution >= 4 is 40.7 Å². The highest BCUT2D eigenvalue weighted by Crippen LogP contribution is 2.41. The third-order valence-electron chi connectivity index (χ3n) is 8.80. The maximum atomic E-state index is 2.56. The first-order valence-corrected chi connectivity index (χ1v) is 17.1. The van der Waals surface area contributed by atoms with E-state index in [1.54, 1.807) is 5.56 Å². The molecule has 0 aliphatic carbocycles. The topological polar surface area (TPSA) is 8.81 Å². The van der Waals surface area contributed by atoms with E-state index >= 15 is 0 Å². The zero-order valence-corrected chi connectivity index (χ0v) is 23.7. The molecule has 0 atom stereocenters. The summed E-state index contributed by atoms with van der Waals surface area (Å²) < 4.78 is 4.82. The van der Waals surface area contributed by atoms with Gasteiger partial charge in [0.15, 0.2) is 6.20 Å². The monoisotopic (exact) mass is 491 g/mol. The summed E-state index contributed by atoms with van der Waals surface area (Å²) in [6.45, 7) is 12.0. The van der Waals surface area contributed by atoms with Crippen LogP contribution in [0.5, 0.6) is 0 Å². The number of rotatable bonds is 3. The van der Waals surface area contributed by atoms with Gasteiger partial charge in [0.2, 0.25) is 5.69 Å². The fraction of sp³-hybridized carbons (Fsp3) is 0.364. The molecule has 1 fully saturated rings. The molecule has 2 aromatic heterocycles. The van der Waals surface area contributed by atoms with Crippen LogP contribution in [0.1, 0.15) is 49.8 Å². The molecule has 5 aromatic rings. The van der Waals surface area contributed by atoms with Crippen LogP contribution in [0.25, 0.3) is 43.8 Å². The second kappa shape index (κ2) is 8.59. The van der Waals surface area contributed by atoms with Crippen molar-refractivity contribution in [3.8, 4) is 11.3 Å². The normalized spacial score (nSPS) is 16.5. The first-order valence-electron chi connectivity index (χ1n) is 13.7. The molecule has 0 saturated carbocycles. The fourth-order valence-electron chi connectivity index (χ4n) is 6.68. The average molecular weight is 492 g/mol. The molecule has 0 bridgehead atoms. The average Bonchev–Trinajstić information content (AvgIpc) is 3.17. The van der Waals surface area contributed by atoms with Gasteiger partial charge in [-0.2, -0.15) is 0 Å². The minimum absolute atomic E-state index is 0.398. The maximum Gasteiger partial charge on any atom is 0.220 e. The van der Waals surface area contributed by atoms with Crippen LogP contribution in [0.3, 0.4) is 0 Å². The molecule has 0 amide bonds. The maximum absolute atomic E-state index is 2.56. The van der Waals surface area contributed by atoms with Crippen molar-refractivity contribution in [2.24, 2.45) is 7.05 Å². The van der Waals surface area contributed by atoms with Crippen LogP contribution in [0.15, 0.2) is 66.9 Å². The Morgan fingerprint density at radius 2 is 1.61 bits per heavy atom. The number of hydrogen-bond donors (Lipinski definition) is 0. The summed E-state index contributed by atoms with van der Waals surface area (Å²) in [6.07, 6.45) is 4.99. The van der Waals surface area contributed by atoms with Crippen molar-refractivity contribution in [3.63, 3.8) is 0 Å². The predicted molar refractivity (Wildman–Crippen MR) is 158 cm³/mol. The Morgan fingerprint density at radius 1 is 0.861 bits per heavy atom. The molecule has 3 heterocycles. The molecule has 2 nitrogen and oxygen atoms in total. The van der Waals surface area contributed by atoms with Gasteiger partial charge in [0.25, 0.3) is 0 Å². The minimum atomic E-state index is -0.939. The second-order valence-electron chi connectivity index (χ2n) is 12.2. The van der Waals surface area contributed by atoms with Crippen molar-refractivity contribution in [3.05, 3.63) is 78.0 Å². The van der Waals surface area contributed by atoms with Gasteiger partial charge in [0.05, 0.1) is 16.5 Å². The zero-order valence-electron chi connectivity index (χ0n) is 22.7. The van der Waals surface area contributed by atoms with E-state index in [0.29, 0.717) is 6.04 Å². The molecule has 36 heavy (non-hydrogen) atoms. The summed E-state index contributed by atoms with van der Waals surface area (Å²) >= 11 is 0. The van der Waals surface area contributed by atoms with Crippen LogP contribution in [-0.4, -0.2) is 12.6 Å². The molecular weight excluding hydrogens is 452 g/mol. The number of hydrogen-bond acceptors (Lipinski definition) is 0. The lowest BCUT2D eigenvalue weighted by Gasteiger charge is -2.33. The predicted octanol–water partition coefficient (Wildman–Crippen LogP) is 8.91. The van der Waals surface area contributed by atoms with Crippen molar-refractivity contribution < 1.29 is 4.57 Å². The Kier molecular flexibility index (Phi) is 5.60. The highest BCUT2D eigenvalue weighted by molar-refractivity contribution is 6.77. The van der Waals surface area contributed by atoms with Crippen molar-refractivity contribution in [1.29, 1.82) is 0 Å². The number of fused-ring (bicyclic) bond motifs is 4. The number of para-hydroxylation sites is 1. The summed E-state index contributed by atoms with van der Waals surface area (Å²) in [5.74, 6) is 0.729. The van der Waals surface area contributed by atoms with E-state index < -0.39 is 8.07 Å². The quantitative estimate of drug-likeness (QED) is 0.176. The Balaban J connectivity index is 1.52. The first-order chi connectivity index (χ1) is 17.2. The largest absolute Gasteiger partial charge is 0.338 e. The number of benzene rings is 3. The molecule has 0 N–H and O–H groups in total. The van der Waals surface area contributed by atoms with E-state index in [2.05, 4.69) is 117 Å². The number of aromatic nitrogens is 2. The Bertz CT molecular complexity index is 1610. The van der Waals surface area contributed by atoms with Crippen LogP contribution in [0.4, 0.5) is 0 Å². The summed E-state index contributed by atoms with van der Waals surface area (Å²) in [5, 5.41) is 5.42. The Labute approximate surface area is 216 Å². The van der Waals surface area contributed by atoms with Crippen LogP contribution >= 0.6 is 0 Å². The zero-order chi connectivity index (χ0) is 25.2. The van der Waals surface area contributed by atoms with Crippen LogP contribution in [-0.2, 0) is 7.05 Å². The second-order valence-corrected chi connectivity index (χ2v) is 17.6. The first kappa shape index (κ1) is 23.5. The molecule has 0 spiro atoms. The van der Waals surface area contributed by atoms with Crippen molar-refractivity contribution in [2.75, 3.05) is 0 Å². The third-order valence-corrected chi connectivity index (χ3v) is 12.1. The lowest BCUT2D eigenvalue weighted by atomic mass is 9.90. The summed E-state index contributed by atoms with van der Waals surface area (Å²) in [5.41, 5.74) is 8.17. The minimum Gasteiger partial charge on any atom is -0.338 e. The number of pyridine rings is 1. The van der Waals surface area contributed by atoms with Gasteiger partial charge in [-0.15, -0.1) is 0 Å². The molecule has 1 aliphatic rings.